The Morgan fingerprint density at radius 1 is 1.42 bits per heavy atom. The Morgan fingerprint density at radius 2 is 2.26 bits per heavy atom. The third-order valence-corrected chi connectivity index (χ3v) is 3.67. The summed E-state index contributed by atoms with van der Waals surface area (Å²) in [6, 6.07) is 5.57. The van der Waals surface area contributed by atoms with Crippen LogP contribution in [0.2, 0.25) is 0 Å². The molecule has 0 atom stereocenters. The zero-order valence-corrected chi connectivity index (χ0v) is 10.6. The Balaban J connectivity index is 1.58. The van der Waals surface area contributed by atoms with Gasteiger partial charge in [-0.25, -0.2) is 4.79 Å². The maximum absolute atomic E-state index is 11.7. The van der Waals surface area contributed by atoms with E-state index in [0.717, 1.165) is 24.8 Å². The van der Waals surface area contributed by atoms with Crippen molar-refractivity contribution in [2.24, 2.45) is 5.92 Å². The van der Waals surface area contributed by atoms with E-state index in [2.05, 4.69) is 10.3 Å². The van der Waals surface area contributed by atoms with Gasteiger partial charge in [-0.05, 0) is 37.0 Å². The van der Waals surface area contributed by atoms with E-state index in [1.165, 1.54) is 6.42 Å². The molecule has 1 aliphatic carbocycles. The Morgan fingerprint density at radius 3 is 3.00 bits per heavy atom. The molecule has 1 saturated carbocycles. The summed E-state index contributed by atoms with van der Waals surface area (Å²) in [5.41, 5.74) is 2.33. The van der Waals surface area contributed by atoms with Gasteiger partial charge >= 0.3 is 5.76 Å². The van der Waals surface area contributed by atoms with Crippen molar-refractivity contribution in [2.45, 2.75) is 25.7 Å². The van der Waals surface area contributed by atoms with Crippen LogP contribution in [0.25, 0.3) is 11.1 Å². The van der Waals surface area contributed by atoms with Crippen LogP contribution in [-0.2, 0) is 11.2 Å². The smallest absolute Gasteiger partial charge is 0.408 e. The first-order valence-corrected chi connectivity index (χ1v) is 6.62. The third-order valence-electron chi connectivity index (χ3n) is 3.67. The molecule has 1 aliphatic rings. The quantitative estimate of drug-likeness (QED) is 0.876. The summed E-state index contributed by atoms with van der Waals surface area (Å²) < 4.78 is 4.94. The van der Waals surface area contributed by atoms with Gasteiger partial charge in [0.2, 0.25) is 5.91 Å². The second-order valence-electron chi connectivity index (χ2n) is 5.01. The predicted molar refractivity (Wildman–Crippen MR) is 70.9 cm³/mol. The van der Waals surface area contributed by atoms with Crippen LogP contribution < -0.4 is 11.1 Å². The minimum absolute atomic E-state index is 0.170. The molecule has 100 valence electrons. The molecule has 1 heterocycles. The van der Waals surface area contributed by atoms with Gasteiger partial charge in [0.1, 0.15) is 0 Å². The van der Waals surface area contributed by atoms with Gasteiger partial charge in [0, 0.05) is 12.5 Å². The van der Waals surface area contributed by atoms with Crippen molar-refractivity contribution in [3.8, 4) is 0 Å². The second kappa shape index (κ2) is 4.91. The molecule has 0 spiro atoms. The summed E-state index contributed by atoms with van der Waals surface area (Å²) in [5, 5.41) is 2.95. The van der Waals surface area contributed by atoms with E-state index in [9.17, 15) is 9.59 Å². The number of carbonyl (C=O) groups excluding carboxylic acids is 1. The Bertz CT molecular complexity index is 652. The van der Waals surface area contributed by atoms with Gasteiger partial charge in [0.25, 0.3) is 0 Å². The second-order valence-corrected chi connectivity index (χ2v) is 5.01. The van der Waals surface area contributed by atoms with Gasteiger partial charge in [-0.15, -0.1) is 0 Å². The lowest BCUT2D eigenvalue weighted by Gasteiger charge is -2.23. The summed E-state index contributed by atoms with van der Waals surface area (Å²) in [7, 11) is 0. The van der Waals surface area contributed by atoms with Crippen molar-refractivity contribution in [2.75, 3.05) is 6.54 Å². The highest BCUT2D eigenvalue weighted by Crippen LogP contribution is 2.26. The predicted octanol–water partition coefficient (Wildman–Crippen LogP) is 1.58. The lowest BCUT2D eigenvalue weighted by atomic mass is 9.85. The number of benzene rings is 1. The van der Waals surface area contributed by atoms with E-state index in [1.54, 1.807) is 6.07 Å². The Hall–Kier alpha value is -2.04. The van der Waals surface area contributed by atoms with Crippen LogP contribution in [0.4, 0.5) is 0 Å². The fourth-order valence-corrected chi connectivity index (χ4v) is 2.30. The molecule has 1 aromatic heterocycles. The van der Waals surface area contributed by atoms with Crippen molar-refractivity contribution in [3.05, 3.63) is 34.3 Å². The van der Waals surface area contributed by atoms with Crippen LogP contribution in [0, 0.1) is 5.92 Å². The number of nitrogens with one attached hydrogen (secondary N) is 2. The summed E-state index contributed by atoms with van der Waals surface area (Å²) in [4.78, 5) is 25.3. The van der Waals surface area contributed by atoms with Crippen LogP contribution in [0.3, 0.4) is 0 Å². The van der Waals surface area contributed by atoms with Crippen LogP contribution in [0.15, 0.2) is 27.4 Å². The van der Waals surface area contributed by atoms with E-state index in [0.29, 0.717) is 17.6 Å². The Kier molecular flexibility index (Phi) is 3.11. The average molecular weight is 260 g/mol. The van der Waals surface area contributed by atoms with Crippen molar-refractivity contribution in [3.63, 3.8) is 0 Å². The molecule has 0 radical (unpaired) electrons. The topological polar surface area (TPSA) is 75.1 Å². The number of aromatic nitrogens is 1. The summed E-state index contributed by atoms with van der Waals surface area (Å²) in [5.74, 6) is -0.0396. The highest BCUT2D eigenvalue weighted by Gasteiger charge is 2.24. The SMILES string of the molecule is O=C(NCCc1ccc2oc(=O)[nH]c2c1)C1CCC1. The van der Waals surface area contributed by atoms with Gasteiger partial charge in [0.15, 0.2) is 5.58 Å². The van der Waals surface area contributed by atoms with Crippen molar-refractivity contribution < 1.29 is 9.21 Å². The molecule has 1 fully saturated rings. The molecule has 2 aromatic rings. The van der Waals surface area contributed by atoms with Crippen molar-refractivity contribution >= 4 is 17.0 Å². The van der Waals surface area contributed by atoms with Crippen molar-refractivity contribution in [1.82, 2.24) is 10.3 Å². The first-order valence-electron chi connectivity index (χ1n) is 6.62. The zero-order chi connectivity index (χ0) is 13.2. The van der Waals surface area contributed by atoms with Crippen molar-refractivity contribution in [1.29, 1.82) is 0 Å². The van der Waals surface area contributed by atoms with E-state index in [-0.39, 0.29) is 11.8 Å². The first kappa shape index (κ1) is 12.0. The number of aromatic amines is 1. The number of H-pyrrole nitrogens is 1. The number of fused-ring (bicyclic) bond motifs is 1. The van der Waals surface area contributed by atoms with E-state index < -0.39 is 5.76 Å². The van der Waals surface area contributed by atoms with Crippen LogP contribution in [0.5, 0.6) is 0 Å². The summed E-state index contributed by atoms with van der Waals surface area (Å²) in [6.45, 7) is 0.628. The molecule has 19 heavy (non-hydrogen) atoms. The highest BCUT2D eigenvalue weighted by molar-refractivity contribution is 5.79. The fraction of sp³-hybridized carbons (Fsp3) is 0.429. The fourth-order valence-electron chi connectivity index (χ4n) is 2.30. The molecule has 1 aromatic carbocycles. The minimum atomic E-state index is -0.439. The maximum atomic E-state index is 11.7. The minimum Gasteiger partial charge on any atom is -0.408 e. The standard InChI is InChI=1S/C14H16N2O3/c17-13(10-2-1-3-10)15-7-6-9-4-5-12-11(8-9)16-14(18)19-12/h4-5,8,10H,1-3,6-7H2,(H,15,17)(H,16,18). The molecular weight excluding hydrogens is 244 g/mol. The van der Waals surface area contributed by atoms with Gasteiger partial charge < -0.3 is 9.73 Å². The number of carbonyl (C=O) groups is 1. The largest absolute Gasteiger partial charge is 0.417 e. The number of oxazole rings is 1. The van der Waals surface area contributed by atoms with E-state index in [1.807, 2.05) is 12.1 Å². The average Bonchev–Trinajstić information content (AvgIpc) is 2.66. The zero-order valence-electron chi connectivity index (χ0n) is 10.6. The van der Waals surface area contributed by atoms with Crippen LogP contribution in [-0.4, -0.2) is 17.4 Å². The Labute approximate surface area is 110 Å². The normalized spacial score (nSPS) is 15.4. The lowest BCUT2D eigenvalue weighted by molar-refractivity contribution is -0.127. The van der Waals surface area contributed by atoms with Gasteiger partial charge in [-0.2, -0.15) is 0 Å². The first-order chi connectivity index (χ1) is 9.22. The summed E-state index contributed by atoms with van der Waals surface area (Å²) >= 11 is 0. The molecule has 0 saturated heterocycles. The van der Waals surface area contributed by atoms with Crippen LogP contribution in [0.1, 0.15) is 24.8 Å². The number of rotatable bonds is 4. The molecule has 0 aliphatic heterocycles. The molecule has 0 bridgehead atoms. The van der Waals surface area contributed by atoms with Gasteiger partial charge in [-0.1, -0.05) is 12.5 Å². The van der Waals surface area contributed by atoms with E-state index in [4.69, 9.17) is 4.42 Å². The molecule has 5 nitrogen and oxygen atoms in total. The highest BCUT2D eigenvalue weighted by atomic mass is 16.4. The molecule has 0 unspecified atom stereocenters. The number of hydrogen-bond donors (Lipinski definition) is 2. The lowest BCUT2D eigenvalue weighted by Crippen LogP contribution is -2.35. The number of hydrogen-bond acceptors (Lipinski definition) is 3. The van der Waals surface area contributed by atoms with E-state index >= 15 is 0 Å². The maximum Gasteiger partial charge on any atom is 0.417 e. The molecule has 2 N–H and O–H groups in total. The summed E-state index contributed by atoms with van der Waals surface area (Å²) in [6.07, 6.45) is 3.96. The molecular formula is C14H16N2O3. The molecule has 1 amide bonds. The molecule has 5 heteroatoms. The number of amides is 1. The third kappa shape index (κ3) is 2.54. The molecule has 3 rings (SSSR count). The van der Waals surface area contributed by atoms with Gasteiger partial charge in [0.05, 0.1) is 5.52 Å². The van der Waals surface area contributed by atoms with Gasteiger partial charge in [-0.3, -0.25) is 9.78 Å². The monoisotopic (exact) mass is 260 g/mol. The van der Waals surface area contributed by atoms with Crippen LogP contribution >= 0.6 is 0 Å².